The van der Waals surface area contributed by atoms with Crippen LogP contribution in [0.4, 0.5) is 13.6 Å². The molecule has 0 aliphatic carbocycles. The van der Waals surface area contributed by atoms with E-state index in [4.69, 9.17) is 27.6 Å². The Hall–Kier alpha value is -2.83. The van der Waals surface area contributed by atoms with Crippen LogP contribution in [0.1, 0.15) is 39.4 Å². The Labute approximate surface area is 224 Å². The van der Waals surface area contributed by atoms with Gasteiger partial charge in [-0.05, 0) is 18.6 Å². The number of likely N-dealkylation sites (tertiary alicyclic amines) is 3. The number of rotatable bonds is 4. The summed E-state index contributed by atoms with van der Waals surface area (Å²) in [6.07, 6.45) is 2.47. The van der Waals surface area contributed by atoms with E-state index in [1.165, 1.54) is 23.6 Å². The van der Waals surface area contributed by atoms with Crippen molar-refractivity contribution in [3.63, 3.8) is 0 Å². The summed E-state index contributed by atoms with van der Waals surface area (Å²) in [6.45, 7) is 2.69. The van der Waals surface area contributed by atoms with Crippen LogP contribution in [-0.4, -0.2) is 81.1 Å². The zero-order valence-electron chi connectivity index (χ0n) is 19.2. The first-order chi connectivity index (χ1) is 17.7. The molecule has 3 aliphatic heterocycles. The molecular weight excluding hydrogens is 549 g/mol. The number of carbonyl (C=O) groups excluding carboxylic acids is 2. The summed E-state index contributed by atoms with van der Waals surface area (Å²) in [4.78, 5) is 35.4. The third kappa shape index (κ3) is 4.05. The molecule has 37 heavy (non-hydrogen) atoms. The van der Waals surface area contributed by atoms with Gasteiger partial charge in [-0.3, -0.25) is 9.78 Å². The van der Waals surface area contributed by atoms with E-state index in [0.29, 0.717) is 24.5 Å². The lowest BCUT2D eigenvalue weighted by Gasteiger charge is -2.52. The van der Waals surface area contributed by atoms with Gasteiger partial charge in [0.25, 0.3) is 11.8 Å². The molecule has 3 aromatic rings. The van der Waals surface area contributed by atoms with Crippen LogP contribution in [0, 0.1) is 5.41 Å². The first-order valence-electron chi connectivity index (χ1n) is 11.6. The maximum Gasteiger partial charge on any atom is 0.349 e. The molecule has 3 amide bonds. The third-order valence-corrected chi connectivity index (χ3v) is 8.78. The number of amides is 3. The van der Waals surface area contributed by atoms with E-state index in [0.717, 1.165) is 31.6 Å². The highest BCUT2D eigenvalue weighted by Gasteiger charge is 2.59. The molecule has 9 nitrogen and oxygen atoms in total. The van der Waals surface area contributed by atoms with Crippen molar-refractivity contribution >= 4 is 46.5 Å². The topological polar surface area (TPSA) is 95.7 Å². The summed E-state index contributed by atoms with van der Waals surface area (Å²) >= 11 is 13.0. The highest BCUT2D eigenvalue weighted by atomic mass is 35.5. The molecule has 3 aliphatic rings. The Morgan fingerprint density at radius 2 is 1.84 bits per heavy atom. The largest absolute Gasteiger partial charge is 0.419 e. The minimum atomic E-state index is -3.61. The molecule has 0 N–H and O–H groups in total. The van der Waals surface area contributed by atoms with Crippen LogP contribution in [0.25, 0.3) is 0 Å². The lowest BCUT2D eigenvalue weighted by molar-refractivity contribution is -0.00332. The predicted octanol–water partition coefficient (Wildman–Crippen LogP) is 4.34. The Kier molecular flexibility index (Phi) is 5.88. The summed E-state index contributed by atoms with van der Waals surface area (Å²) < 4.78 is 36.1. The fourth-order valence-corrected chi connectivity index (χ4v) is 6.02. The standard InChI is InChI=1S/C23H20Cl2F2N6O3S/c24-15-3-2-13(6-16(15)25)23(26,27)20-30-29-18(36-20)14-8-32(19(34)17-7-28-12-37-17)9-22(14)10-33(11-22)21(35)31-4-1-5-31/h2-3,6-7,12,14H,1,4-5,8-11H2. The van der Waals surface area contributed by atoms with Gasteiger partial charge in [-0.1, -0.05) is 29.3 Å². The number of alkyl halides is 2. The first-order valence-corrected chi connectivity index (χ1v) is 13.2. The minimum Gasteiger partial charge on any atom is -0.419 e. The first kappa shape index (κ1) is 24.5. The number of carbonyl (C=O) groups is 2. The van der Waals surface area contributed by atoms with Gasteiger partial charge in [0.15, 0.2) is 0 Å². The molecule has 0 saturated carbocycles. The lowest BCUT2D eigenvalue weighted by Crippen LogP contribution is -2.65. The summed E-state index contributed by atoms with van der Waals surface area (Å²) in [5.74, 6) is -5.21. The maximum atomic E-state index is 15.3. The predicted molar refractivity (Wildman–Crippen MR) is 130 cm³/mol. The van der Waals surface area contributed by atoms with Crippen molar-refractivity contribution in [2.75, 3.05) is 39.3 Å². The average molecular weight is 569 g/mol. The van der Waals surface area contributed by atoms with Gasteiger partial charge in [-0.25, -0.2) is 4.79 Å². The SMILES string of the molecule is O=C(c1cncs1)N1CC(c2nnc(C(F)(F)c3ccc(Cl)c(Cl)c3)o2)C2(C1)CN(C(=O)N1CCC1)C2. The average Bonchev–Trinajstić information content (AvgIpc) is 3.56. The molecule has 14 heteroatoms. The fourth-order valence-electron chi connectivity index (χ4n) is 5.14. The van der Waals surface area contributed by atoms with Gasteiger partial charge in [0, 0.05) is 50.2 Å². The van der Waals surface area contributed by atoms with E-state index in [-0.39, 0.29) is 34.4 Å². The number of halogens is 4. The molecule has 1 unspecified atom stereocenters. The molecular formula is C23H20Cl2F2N6O3S. The van der Waals surface area contributed by atoms with Crippen LogP contribution in [0.3, 0.4) is 0 Å². The van der Waals surface area contributed by atoms with E-state index in [1.807, 2.05) is 0 Å². The maximum absolute atomic E-state index is 15.3. The second-order valence-electron chi connectivity index (χ2n) is 9.59. The zero-order chi connectivity index (χ0) is 25.9. The van der Waals surface area contributed by atoms with Crippen molar-refractivity contribution in [3.05, 3.63) is 62.2 Å². The van der Waals surface area contributed by atoms with Crippen LogP contribution in [0.15, 0.2) is 34.3 Å². The summed E-state index contributed by atoms with van der Waals surface area (Å²) in [6, 6.07) is 3.43. The highest BCUT2D eigenvalue weighted by Crippen LogP contribution is 2.50. The summed E-state index contributed by atoms with van der Waals surface area (Å²) in [5.41, 5.74) is 0.557. The summed E-state index contributed by atoms with van der Waals surface area (Å²) in [5, 5.41) is 7.77. The van der Waals surface area contributed by atoms with E-state index in [9.17, 15) is 9.59 Å². The van der Waals surface area contributed by atoms with Gasteiger partial charge in [-0.2, -0.15) is 8.78 Å². The molecule has 6 rings (SSSR count). The quantitative estimate of drug-likeness (QED) is 0.464. The smallest absolute Gasteiger partial charge is 0.349 e. The second-order valence-corrected chi connectivity index (χ2v) is 11.3. The number of aromatic nitrogens is 3. The zero-order valence-corrected chi connectivity index (χ0v) is 21.6. The normalized spacial score (nSPS) is 20.8. The van der Waals surface area contributed by atoms with Gasteiger partial charge in [0.2, 0.25) is 5.89 Å². The van der Waals surface area contributed by atoms with Gasteiger partial charge in [-0.15, -0.1) is 21.5 Å². The van der Waals surface area contributed by atoms with Crippen LogP contribution in [-0.2, 0) is 5.92 Å². The molecule has 3 saturated heterocycles. The number of benzene rings is 1. The van der Waals surface area contributed by atoms with Crippen molar-refractivity contribution < 1.29 is 22.8 Å². The van der Waals surface area contributed by atoms with Crippen LogP contribution in [0.5, 0.6) is 0 Å². The van der Waals surface area contributed by atoms with Crippen molar-refractivity contribution in [1.82, 2.24) is 29.9 Å². The molecule has 3 fully saturated rings. The highest BCUT2D eigenvalue weighted by molar-refractivity contribution is 7.11. The molecule has 0 radical (unpaired) electrons. The van der Waals surface area contributed by atoms with Crippen molar-refractivity contribution in [2.24, 2.45) is 5.41 Å². The number of urea groups is 1. The number of hydrogen-bond donors (Lipinski definition) is 0. The van der Waals surface area contributed by atoms with Crippen molar-refractivity contribution in [1.29, 1.82) is 0 Å². The van der Waals surface area contributed by atoms with Gasteiger partial charge in [0.05, 0.1) is 27.7 Å². The number of nitrogens with zero attached hydrogens (tertiary/aromatic N) is 6. The van der Waals surface area contributed by atoms with Crippen LogP contribution < -0.4 is 0 Å². The van der Waals surface area contributed by atoms with E-state index >= 15 is 8.78 Å². The number of thiazole rings is 1. The molecule has 1 atom stereocenters. The van der Waals surface area contributed by atoms with Crippen molar-refractivity contribution in [2.45, 2.75) is 18.3 Å². The molecule has 1 aromatic carbocycles. The minimum absolute atomic E-state index is 0.00499. The molecule has 2 aromatic heterocycles. The van der Waals surface area contributed by atoms with Gasteiger partial charge in [0.1, 0.15) is 4.88 Å². The van der Waals surface area contributed by atoms with Crippen LogP contribution in [0.2, 0.25) is 10.0 Å². The monoisotopic (exact) mass is 568 g/mol. The number of hydrogen-bond acceptors (Lipinski definition) is 7. The van der Waals surface area contributed by atoms with E-state index < -0.39 is 28.7 Å². The Balaban J connectivity index is 1.28. The lowest BCUT2D eigenvalue weighted by atomic mass is 9.71. The van der Waals surface area contributed by atoms with Gasteiger partial charge >= 0.3 is 12.0 Å². The molecule has 1 spiro atoms. The summed E-state index contributed by atoms with van der Waals surface area (Å²) in [7, 11) is 0. The fraction of sp³-hybridized carbons (Fsp3) is 0.435. The molecule has 5 heterocycles. The Morgan fingerprint density at radius 1 is 1.08 bits per heavy atom. The second kappa shape index (κ2) is 8.88. The van der Waals surface area contributed by atoms with E-state index in [1.54, 1.807) is 20.2 Å². The van der Waals surface area contributed by atoms with E-state index in [2.05, 4.69) is 15.2 Å². The molecule has 0 bridgehead atoms. The molecule has 194 valence electrons. The Bertz CT molecular complexity index is 1360. The third-order valence-electron chi connectivity index (χ3n) is 7.28. The van der Waals surface area contributed by atoms with Crippen LogP contribution >= 0.6 is 34.5 Å². The van der Waals surface area contributed by atoms with Crippen molar-refractivity contribution in [3.8, 4) is 0 Å². The van der Waals surface area contributed by atoms with Gasteiger partial charge < -0.3 is 19.1 Å². The Morgan fingerprint density at radius 3 is 2.49 bits per heavy atom.